The molecule has 4 heteroatoms. The Balaban J connectivity index is 1.18. The Kier molecular flexibility index (Phi) is 5.25. The van der Waals surface area contributed by atoms with Crippen LogP contribution in [0.4, 0.5) is 0 Å². The molecule has 0 amide bonds. The van der Waals surface area contributed by atoms with Crippen LogP contribution in [0.5, 0.6) is 11.5 Å². The zero-order valence-corrected chi connectivity index (χ0v) is 24.8. The number of fused-ring (bicyclic) bond motifs is 9. The highest BCUT2D eigenvalue weighted by molar-refractivity contribution is 6.12. The number of rotatable bonds is 2. The van der Waals surface area contributed by atoms with E-state index in [0.29, 0.717) is 5.92 Å². The lowest BCUT2D eigenvalue weighted by Crippen LogP contribution is -2.34. The van der Waals surface area contributed by atoms with Crippen molar-refractivity contribution in [2.24, 2.45) is 5.92 Å². The van der Waals surface area contributed by atoms with E-state index in [1.807, 2.05) is 38.1 Å². The SMILES string of the molecule is CC1C=Cc2c(oc3ccc(-c4ccc5c(c4)-c4ccc(-c6cccc7oc8ccccc8c67)cc4OC(C)(C)O5)cc23)C1. The highest BCUT2D eigenvalue weighted by Gasteiger charge is 2.30. The Labute approximate surface area is 255 Å². The molecule has 0 spiro atoms. The predicted octanol–water partition coefficient (Wildman–Crippen LogP) is 11.0. The number of furan rings is 2. The van der Waals surface area contributed by atoms with Gasteiger partial charge in [-0.2, -0.15) is 0 Å². The molecular formula is C40H30O4. The fraction of sp³-hybridized carbons (Fsp3) is 0.150. The van der Waals surface area contributed by atoms with Crippen LogP contribution in [0.1, 0.15) is 32.1 Å². The molecule has 1 unspecified atom stereocenters. The fourth-order valence-corrected chi connectivity index (χ4v) is 6.87. The van der Waals surface area contributed by atoms with Crippen LogP contribution in [0, 0.1) is 5.92 Å². The summed E-state index contributed by atoms with van der Waals surface area (Å²) in [6.07, 6.45) is 5.42. The molecule has 0 bridgehead atoms. The first-order valence-corrected chi connectivity index (χ1v) is 15.2. The van der Waals surface area contributed by atoms with E-state index in [4.69, 9.17) is 18.3 Å². The van der Waals surface area contributed by atoms with Crippen molar-refractivity contribution >= 4 is 39.0 Å². The highest BCUT2D eigenvalue weighted by Crippen LogP contribution is 2.47. The van der Waals surface area contributed by atoms with Crippen molar-refractivity contribution in [2.75, 3.05) is 0 Å². The number of para-hydroxylation sites is 1. The summed E-state index contributed by atoms with van der Waals surface area (Å²) >= 11 is 0. The molecule has 9 rings (SSSR count). The molecule has 0 saturated heterocycles. The molecule has 1 atom stereocenters. The molecule has 0 saturated carbocycles. The largest absolute Gasteiger partial charge is 0.460 e. The topological polar surface area (TPSA) is 44.7 Å². The Morgan fingerprint density at radius 2 is 1.39 bits per heavy atom. The average molecular weight is 575 g/mol. The molecule has 7 aromatic rings. The molecule has 0 fully saturated rings. The average Bonchev–Trinajstić information content (AvgIpc) is 3.55. The molecule has 0 radical (unpaired) electrons. The molecule has 5 aromatic carbocycles. The Morgan fingerprint density at radius 1 is 0.614 bits per heavy atom. The second kappa shape index (κ2) is 9.14. The molecular weight excluding hydrogens is 544 g/mol. The van der Waals surface area contributed by atoms with Crippen molar-refractivity contribution in [3.05, 3.63) is 114 Å². The van der Waals surface area contributed by atoms with E-state index in [0.717, 1.165) is 90.0 Å². The summed E-state index contributed by atoms with van der Waals surface area (Å²) in [7, 11) is 0. The number of allylic oxidation sites excluding steroid dienone is 1. The van der Waals surface area contributed by atoms with Gasteiger partial charge in [0.15, 0.2) is 0 Å². The maximum atomic E-state index is 6.57. The summed E-state index contributed by atoms with van der Waals surface area (Å²) in [5.74, 6) is 2.29. The molecule has 0 N–H and O–H groups in total. The summed E-state index contributed by atoms with van der Waals surface area (Å²) in [5.41, 5.74) is 10.3. The van der Waals surface area contributed by atoms with Crippen LogP contribution in [0.25, 0.3) is 72.4 Å². The molecule has 2 aliphatic rings. The van der Waals surface area contributed by atoms with E-state index in [1.165, 1.54) is 5.56 Å². The van der Waals surface area contributed by atoms with Gasteiger partial charge in [0.1, 0.15) is 34.0 Å². The lowest BCUT2D eigenvalue weighted by Gasteiger charge is -2.25. The molecule has 1 aliphatic carbocycles. The van der Waals surface area contributed by atoms with Crippen LogP contribution in [0.3, 0.4) is 0 Å². The van der Waals surface area contributed by atoms with Crippen LogP contribution in [-0.2, 0) is 6.42 Å². The van der Waals surface area contributed by atoms with E-state index in [1.54, 1.807) is 0 Å². The van der Waals surface area contributed by atoms with Gasteiger partial charge in [0.25, 0.3) is 0 Å². The van der Waals surface area contributed by atoms with E-state index in [9.17, 15) is 0 Å². The monoisotopic (exact) mass is 574 g/mol. The summed E-state index contributed by atoms with van der Waals surface area (Å²) in [5, 5.41) is 3.37. The van der Waals surface area contributed by atoms with Crippen LogP contribution in [0.15, 0.2) is 112 Å². The Bertz CT molecular complexity index is 2310. The maximum Gasteiger partial charge on any atom is 0.245 e. The number of hydrogen-bond acceptors (Lipinski definition) is 4. The van der Waals surface area contributed by atoms with Crippen LogP contribution >= 0.6 is 0 Å². The van der Waals surface area contributed by atoms with Crippen molar-refractivity contribution in [3.63, 3.8) is 0 Å². The normalized spacial score (nSPS) is 16.7. The first kappa shape index (κ1) is 25.3. The minimum atomic E-state index is -0.854. The molecule has 44 heavy (non-hydrogen) atoms. The van der Waals surface area contributed by atoms with Crippen molar-refractivity contribution in [1.29, 1.82) is 0 Å². The Hall–Kier alpha value is -5.22. The summed E-state index contributed by atoms with van der Waals surface area (Å²) in [6.45, 7) is 6.14. The van der Waals surface area contributed by atoms with Gasteiger partial charge in [-0.05, 0) is 76.7 Å². The lowest BCUT2D eigenvalue weighted by molar-refractivity contribution is -0.0778. The zero-order chi connectivity index (χ0) is 29.6. The third-order valence-corrected chi connectivity index (χ3v) is 8.91. The van der Waals surface area contributed by atoms with E-state index in [-0.39, 0.29) is 0 Å². The number of ether oxygens (including phenoxy) is 2. The first-order valence-electron chi connectivity index (χ1n) is 15.2. The number of hydrogen-bond donors (Lipinski definition) is 0. The minimum absolute atomic E-state index is 0.492. The van der Waals surface area contributed by atoms with Crippen molar-refractivity contribution < 1.29 is 18.3 Å². The van der Waals surface area contributed by atoms with Gasteiger partial charge in [-0.3, -0.25) is 0 Å². The van der Waals surface area contributed by atoms with E-state index >= 15 is 0 Å². The van der Waals surface area contributed by atoms with Gasteiger partial charge in [0.2, 0.25) is 5.79 Å². The van der Waals surface area contributed by atoms with Gasteiger partial charge in [-0.15, -0.1) is 0 Å². The molecule has 4 nitrogen and oxygen atoms in total. The fourth-order valence-electron chi connectivity index (χ4n) is 6.87. The smallest absolute Gasteiger partial charge is 0.245 e. The standard InChI is InChI=1S/C40H30O4/c1-23-11-15-28-31-20-24(13-17-34(31)42-37(28)19-23)25-14-18-35-32(21-25)29-16-12-26(22-38(29)44-40(2,3)43-35)27-8-6-10-36-39(27)30-7-4-5-9-33(30)41-36/h4-18,20-23H,19H2,1-3H3. The highest BCUT2D eigenvalue weighted by atomic mass is 16.7. The summed E-state index contributed by atoms with van der Waals surface area (Å²) < 4.78 is 25.4. The zero-order valence-electron chi connectivity index (χ0n) is 24.8. The van der Waals surface area contributed by atoms with Gasteiger partial charge in [0, 0.05) is 53.1 Å². The maximum absolute atomic E-state index is 6.57. The predicted molar refractivity (Wildman–Crippen MR) is 177 cm³/mol. The third kappa shape index (κ3) is 3.91. The molecule has 2 aromatic heterocycles. The van der Waals surface area contributed by atoms with Gasteiger partial charge < -0.3 is 18.3 Å². The van der Waals surface area contributed by atoms with E-state index in [2.05, 4.69) is 91.9 Å². The van der Waals surface area contributed by atoms with E-state index < -0.39 is 5.79 Å². The molecule has 3 heterocycles. The second-order valence-corrected chi connectivity index (χ2v) is 12.5. The lowest BCUT2D eigenvalue weighted by atomic mass is 9.93. The second-order valence-electron chi connectivity index (χ2n) is 12.5. The van der Waals surface area contributed by atoms with Gasteiger partial charge in [0.05, 0.1) is 0 Å². The van der Waals surface area contributed by atoms with Crippen LogP contribution < -0.4 is 9.47 Å². The third-order valence-electron chi connectivity index (χ3n) is 8.91. The quantitative estimate of drug-likeness (QED) is 0.206. The summed E-state index contributed by atoms with van der Waals surface area (Å²) in [4.78, 5) is 0. The van der Waals surface area contributed by atoms with Gasteiger partial charge in [-0.25, -0.2) is 0 Å². The van der Waals surface area contributed by atoms with Crippen LogP contribution in [-0.4, -0.2) is 5.79 Å². The van der Waals surface area contributed by atoms with Crippen LogP contribution in [0.2, 0.25) is 0 Å². The van der Waals surface area contributed by atoms with Crippen molar-refractivity contribution in [3.8, 4) is 44.9 Å². The van der Waals surface area contributed by atoms with Gasteiger partial charge >= 0.3 is 0 Å². The Morgan fingerprint density at radius 3 is 2.32 bits per heavy atom. The minimum Gasteiger partial charge on any atom is -0.460 e. The first-order chi connectivity index (χ1) is 21.4. The van der Waals surface area contributed by atoms with Crippen molar-refractivity contribution in [2.45, 2.75) is 33.0 Å². The van der Waals surface area contributed by atoms with Crippen molar-refractivity contribution in [1.82, 2.24) is 0 Å². The van der Waals surface area contributed by atoms with Gasteiger partial charge in [-0.1, -0.05) is 67.6 Å². The summed E-state index contributed by atoms with van der Waals surface area (Å²) in [6, 6.07) is 33.8. The number of benzene rings is 5. The molecule has 1 aliphatic heterocycles. The molecule has 214 valence electrons.